The molecule has 0 heterocycles. The Kier molecular flexibility index (Phi) is 3.48. The third kappa shape index (κ3) is 2.63. The van der Waals surface area contributed by atoms with Crippen LogP contribution in [-0.2, 0) is 0 Å². The summed E-state index contributed by atoms with van der Waals surface area (Å²) in [7, 11) is 0. The Hall–Kier alpha value is -0.750. The second-order valence-electron chi connectivity index (χ2n) is 4.28. The van der Waals surface area contributed by atoms with Crippen LogP contribution in [0.15, 0.2) is 30.3 Å². The molecule has 1 aliphatic carbocycles. The van der Waals surface area contributed by atoms with Crippen LogP contribution in [0.3, 0.4) is 0 Å². The molecule has 1 aromatic carbocycles. The van der Waals surface area contributed by atoms with E-state index in [1.165, 1.54) is 36.8 Å². The zero-order valence-corrected chi connectivity index (χ0v) is 9.93. The minimum Gasteiger partial charge on any atom is -0.0843 e. The molecule has 0 N–H and O–H groups in total. The van der Waals surface area contributed by atoms with Gasteiger partial charge in [-0.2, -0.15) is 0 Å². The molecule has 0 bridgehead atoms. The van der Waals surface area contributed by atoms with Gasteiger partial charge < -0.3 is 0 Å². The molecule has 0 aliphatic heterocycles. The fourth-order valence-electron chi connectivity index (χ4n) is 2.19. The van der Waals surface area contributed by atoms with Crippen molar-refractivity contribution in [1.82, 2.24) is 0 Å². The fourth-order valence-corrected chi connectivity index (χ4v) is 2.31. The topological polar surface area (TPSA) is 0 Å². The molecule has 1 unspecified atom stereocenters. The van der Waals surface area contributed by atoms with Gasteiger partial charge in [-0.05, 0) is 48.4 Å². The van der Waals surface area contributed by atoms with Crippen molar-refractivity contribution in [2.24, 2.45) is 5.92 Å². The third-order valence-corrected chi connectivity index (χ3v) is 3.56. The van der Waals surface area contributed by atoms with E-state index in [4.69, 9.17) is 11.6 Å². The number of allylic oxidation sites excluding steroid dienone is 2. The summed E-state index contributed by atoms with van der Waals surface area (Å²) >= 11 is 5.88. The maximum atomic E-state index is 5.88. The highest BCUT2D eigenvalue weighted by Gasteiger charge is 2.13. The normalized spacial score (nSPS) is 21.2. The lowest BCUT2D eigenvalue weighted by Crippen LogP contribution is -2.03. The molecule has 0 radical (unpaired) electrons. The van der Waals surface area contributed by atoms with Crippen LogP contribution in [0, 0.1) is 5.92 Å². The van der Waals surface area contributed by atoms with Crippen molar-refractivity contribution in [3.05, 3.63) is 40.9 Å². The van der Waals surface area contributed by atoms with Crippen LogP contribution in [0.2, 0.25) is 5.02 Å². The third-order valence-electron chi connectivity index (χ3n) is 3.31. The molecule has 1 heteroatoms. The molecule has 0 amide bonds. The van der Waals surface area contributed by atoms with Crippen LogP contribution in [0.1, 0.15) is 38.2 Å². The Labute approximate surface area is 97.0 Å². The molecule has 1 atom stereocenters. The molecular weight excluding hydrogens is 204 g/mol. The predicted octanol–water partition coefficient (Wildman–Crippen LogP) is 4.93. The summed E-state index contributed by atoms with van der Waals surface area (Å²) in [4.78, 5) is 0. The van der Waals surface area contributed by atoms with Crippen LogP contribution in [0.5, 0.6) is 0 Å². The molecule has 1 aliphatic rings. The standard InChI is InChI=1S/C14H17Cl/c1-2-11-3-5-12(6-4-11)13-7-9-14(15)10-8-13/h5,7-11H,2-4,6H2,1H3. The first-order chi connectivity index (χ1) is 7.29. The van der Waals surface area contributed by atoms with Gasteiger partial charge in [-0.1, -0.05) is 43.2 Å². The molecule has 0 nitrogen and oxygen atoms in total. The molecule has 0 fully saturated rings. The van der Waals surface area contributed by atoms with E-state index in [0.29, 0.717) is 0 Å². The van der Waals surface area contributed by atoms with Crippen LogP contribution in [0.4, 0.5) is 0 Å². The van der Waals surface area contributed by atoms with Gasteiger partial charge in [0.05, 0.1) is 0 Å². The molecule has 80 valence electrons. The van der Waals surface area contributed by atoms with Crippen LogP contribution < -0.4 is 0 Å². The number of benzene rings is 1. The Morgan fingerprint density at radius 2 is 2.00 bits per heavy atom. The summed E-state index contributed by atoms with van der Waals surface area (Å²) in [6.07, 6.45) is 7.52. The molecule has 0 saturated carbocycles. The second kappa shape index (κ2) is 4.85. The smallest absolute Gasteiger partial charge is 0.0406 e. The fraction of sp³-hybridized carbons (Fsp3) is 0.429. The van der Waals surface area contributed by atoms with Crippen molar-refractivity contribution < 1.29 is 0 Å². The zero-order valence-electron chi connectivity index (χ0n) is 9.17. The Morgan fingerprint density at radius 3 is 2.53 bits per heavy atom. The molecule has 0 aromatic heterocycles. The van der Waals surface area contributed by atoms with Crippen molar-refractivity contribution in [3.63, 3.8) is 0 Å². The number of halogens is 1. The predicted molar refractivity (Wildman–Crippen MR) is 67.1 cm³/mol. The molecule has 2 rings (SSSR count). The van der Waals surface area contributed by atoms with Crippen molar-refractivity contribution in [2.45, 2.75) is 32.6 Å². The molecule has 0 saturated heterocycles. The highest BCUT2D eigenvalue weighted by atomic mass is 35.5. The van der Waals surface area contributed by atoms with Crippen LogP contribution >= 0.6 is 11.6 Å². The molecule has 1 aromatic rings. The highest BCUT2D eigenvalue weighted by molar-refractivity contribution is 6.30. The van der Waals surface area contributed by atoms with E-state index in [1.807, 2.05) is 12.1 Å². The Morgan fingerprint density at radius 1 is 1.27 bits per heavy atom. The van der Waals surface area contributed by atoms with Crippen molar-refractivity contribution in [3.8, 4) is 0 Å². The van der Waals surface area contributed by atoms with Crippen molar-refractivity contribution >= 4 is 17.2 Å². The summed E-state index contributed by atoms with van der Waals surface area (Å²) in [6, 6.07) is 8.20. The van der Waals surface area contributed by atoms with Gasteiger partial charge in [0, 0.05) is 5.02 Å². The largest absolute Gasteiger partial charge is 0.0843 e. The van der Waals surface area contributed by atoms with E-state index in [9.17, 15) is 0 Å². The zero-order chi connectivity index (χ0) is 10.7. The van der Waals surface area contributed by atoms with Gasteiger partial charge in [0.1, 0.15) is 0 Å². The molecular formula is C14H17Cl. The first-order valence-electron chi connectivity index (χ1n) is 5.74. The molecule has 15 heavy (non-hydrogen) atoms. The Balaban J connectivity index is 2.12. The van der Waals surface area contributed by atoms with E-state index < -0.39 is 0 Å². The lowest BCUT2D eigenvalue weighted by molar-refractivity contribution is 0.471. The summed E-state index contributed by atoms with van der Waals surface area (Å²) in [5, 5.41) is 0.821. The minimum atomic E-state index is 0.821. The highest BCUT2D eigenvalue weighted by Crippen LogP contribution is 2.31. The summed E-state index contributed by atoms with van der Waals surface area (Å²) in [6.45, 7) is 2.28. The van der Waals surface area contributed by atoms with E-state index in [2.05, 4.69) is 25.1 Å². The lowest BCUT2D eigenvalue weighted by atomic mass is 9.85. The SMILES string of the molecule is CCC1CC=C(c2ccc(Cl)cc2)CC1. The van der Waals surface area contributed by atoms with E-state index in [1.54, 1.807) is 0 Å². The van der Waals surface area contributed by atoms with E-state index in [-0.39, 0.29) is 0 Å². The maximum absolute atomic E-state index is 5.88. The van der Waals surface area contributed by atoms with Gasteiger partial charge in [-0.15, -0.1) is 0 Å². The lowest BCUT2D eigenvalue weighted by Gasteiger charge is -2.20. The first kappa shape index (κ1) is 10.8. The van der Waals surface area contributed by atoms with Gasteiger partial charge in [-0.25, -0.2) is 0 Å². The maximum Gasteiger partial charge on any atom is 0.0406 e. The Bertz CT molecular complexity index is 348. The van der Waals surface area contributed by atoms with E-state index in [0.717, 1.165) is 10.9 Å². The van der Waals surface area contributed by atoms with Gasteiger partial charge in [0.15, 0.2) is 0 Å². The summed E-state index contributed by atoms with van der Waals surface area (Å²) in [5.41, 5.74) is 2.84. The minimum absolute atomic E-state index is 0.821. The van der Waals surface area contributed by atoms with Gasteiger partial charge in [0.25, 0.3) is 0 Å². The average molecular weight is 221 g/mol. The number of rotatable bonds is 2. The van der Waals surface area contributed by atoms with Crippen molar-refractivity contribution in [1.29, 1.82) is 0 Å². The quantitative estimate of drug-likeness (QED) is 0.663. The first-order valence-corrected chi connectivity index (χ1v) is 6.12. The average Bonchev–Trinajstić information content (AvgIpc) is 2.30. The second-order valence-corrected chi connectivity index (χ2v) is 4.72. The van der Waals surface area contributed by atoms with Gasteiger partial charge >= 0.3 is 0 Å². The molecule has 0 spiro atoms. The number of hydrogen-bond acceptors (Lipinski definition) is 0. The summed E-state index contributed by atoms with van der Waals surface area (Å²) < 4.78 is 0. The van der Waals surface area contributed by atoms with Gasteiger partial charge in [-0.3, -0.25) is 0 Å². The van der Waals surface area contributed by atoms with Crippen LogP contribution in [-0.4, -0.2) is 0 Å². The van der Waals surface area contributed by atoms with Gasteiger partial charge in [0.2, 0.25) is 0 Å². The van der Waals surface area contributed by atoms with E-state index >= 15 is 0 Å². The monoisotopic (exact) mass is 220 g/mol. The van der Waals surface area contributed by atoms with Crippen molar-refractivity contribution in [2.75, 3.05) is 0 Å². The van der Waals surface area contributed by atoms with Crippen LogP contribution in [0.25, 0.3) is 5.57 Å². The number of hydrogen-bond donors (Lipinski definition) is 0. The summed E-state index contributed by atoms with van der Waals surface area (Å²) in [5.74, 6) is 0.904.